The fourth-order valence-electron chi connectivity index (χ4n) is 2.91. The number of nitrogens with zero attached hydrogens (tertiary/aromatic N) is 2. The normalized spacial score (nSPS) is 10.8. The minimum absolute atomic E-state index is 0.268. The summed E-state index contributed by atoms with van der Waals surface area (Å²) in [5.74, 6) is 0.174. The van der Waals surface area contributed by atoms with Gasteiger partial charge < -0.3 is 9.84 Å². The van der Waals surface area contributed by atoms with Gasteiger partial charge >= 0.3 is 0 Å². The zero-order valence-electron chi connectivity index (χ0n) is 15.0. The third-order valence-electron chi connectivity index (χ3n) is 4.27. The van der Waals surface area contributed by atoms with Gasteiger partial charge in [0.2, 0.25) is 0 Å². The van der Waals surface area contributed by atoms with Gasteiger partial charge in [-0.15, -0.1) is 11.3 Å². The van der Waals surface area contributed by atoms with Crippen molar-refractivity contribution in [1.29, 1.82) is 0 Å². The molecule has 1 amide bonds. The van der Waals surface area contributed by atoms with Crippen molar-refractivity contribution in [3.8, 4) is 21.7 Å². The maximum atomic E-state index is 12.8. The number of halogens is 1. The average molecular weight is 410 g/mol. The van der Waals surface area contributed by atoms with Crippen LogP contribution in [0.15, 0.2) is 64.8 Å². The molecule has 0 aliphatic carbocycles. The van der Waals surface area contributed by atoms with Gasteiger partial charge in [-0.2, -0.15) is 0 Å². The standard InChI is InChI=1S/C21H16ClN3O2S/c1-13-19(20(25-27-13)16-5-2-3-6-17(16)22)21(26)24-11-14-9-15(12-23-10-14)18-7-4-8-28-18/h2-10,12H,11H2,1H3,(H,24,26). The second-order valence-electron chi connectivity index (χ2n) is 6.18. The van der Waals surface area contributed by atoms with Gasteiger partial charge in [-0.3, -0.25) is 9.78 Å². The molecule has 0 bridgehead atoms. The molecule has 0 spiro atoms. The molecule has 3 aromatic heterocycles. The van der Waals surface area contributed by atoms with Crippen LogP contribution in [0.5, 0.6) is 0 Å². The largest absolute Gasteiger partial charge is 0.360 e. The molecule has 0 saturated heterocycles. The van der Waals surface area contributed by atoms with Crippen LogP contribution in [0.25, 0.3) is 21.7 Å². The van der Waals surface area contributed by atoms with Crippen LogP contribution in [0.4, 0.5) is 0 Å². The van der Waals surface area contributed by atoms with Crippen LogP contribution in [0.1, 0.15) is 21.7 Å². The monoisotopic (exact) mass is 409 g/mol. The lowest BCUT2D eigenvalue weighted by atomic mass is 10.1. The Morgan fingerprint density at radius 1 is 1.21 bits per heavy atom. The van der Waals surface area contributed by atoms with Crippen molar-refractivity contribution in [2.75, 3.05) is 0 Å². The SMILES string of the molecule is Cc1onc(-c2ccccc2Cl)c1C(=O)NCc1cncc(-c2cccs2)c1. The first-order valence-electron chi connectivity index (χ1n) is 8.60. The Morgan fingerprint density at radius 2 is 2.07 bits per heavy atom. The highest BCUT2D eigenvalue weighted by atomic mass is 35.5. The molecule has 0 fully saturated rings. The molecule has 0 aliphatic heterocycles. The smallest absolute Gasteiger partial charge is 0.257 e. The summed E-state index contributed by atoms with van der Waals surface area (Å²) >= 11 is 7.91. The molecule has 1 aromatic carbocycles. The first kappa shape index (κ1) is 18.4. The lowest BCUT2D eigenvalue weighted by molar-refractivity contribution is 0.0950. The summed E-state index contributed by atoms with van der Waals surface area (Å²) in [5, 5.41) is 9.50. The molecule has 4 aromatic rings. The quantitative estimate of drug-likeness (QED) is 0.482. The molecule has 7 heteroatoms. The summed E-state index contributed by atoms with van der Waals surface area (Å²) in [7, 11) is 0. The molecule has 3 heterocycles. The van der Waals surface area contributed by atoms with Crippen LogP contribution in [0, 0.1) is 6.92 Å². The van der Waals surface area contributed by atoms with Crippen LogP contribution in [-0.4, -0.2) is 16.0 Å². The van der Waals surface area contributed by atoms with Crippen molar-refractivity contribution in [2.24, 2.45) is 0 Å². The number of hydrogen-bond donors (Lipinski definition) is 1. The minimum Gasteiger partial charge on any atom is -0.360 e. The van der Waals surface area contributed by atoms with Crippen LogP contribution >= 0.6 is 22.9 Å². The van der Waals surface area contributed by atoms with E-state index in [0.717, 1.165) is 16.0 Å². The van der Waals surface area contributed by atoms with Crippen molar-refractivity contribution in [3.63, 3.8) is 0 Å². The van der Waals surface area contributed by atoms with E-state index < -0.39 is 0 Å². The second kappa shape index (κ2) is 7.96. The number of carbonyl (C=O) groups is 1. The van der Waals surface area contributed by atoms with Crippen LogP contribution in [0.3, 0.4) is 0 Å². The summed E-state index contributed by atoms with van der Waals surface area (Å²) in [6, 6.07) is 13.3. The average Bonchev–Trinajstić information content (AvgIpc) is 3.37. The van der Waals surface area contributed by atoms with Gasteiger partial charge in [-0.1, -0.05) is 41.0 Å². The number of benzene rings is 1. The van der Waals surface area contributed by atoms with Gasteiger partial charge in [0.25, 0.3) is 5.91 Å². The molecule has 140 valence electrons. The van der Waals surface area contributed by atoms with Gasteiger partial charge in [0.05, 0.1) is 5.02 Å². The topological polar surface area (TPSA) is 68.0 Å². The molecule has 0 unspecified atom stereocenters. The Kier molecular flexibility index (Phi) is 5.23. The molecule has 0 radical (unpaired) electrons. The van der Waals surface area contributed by atoms with Gasteiger partial charge in [-0.25, -0.2) is 0 Å². The van der Waals surface area contributed by atoms with Crippen molar-refractivity contribution >= 4 is 28.8 Å². The highest BCUT2D eigenvalue weighted by Crippen LogP contribution is 2.31. The Labute approximate surface area is 171 Å². The van der Waals surface area contributed by atoms with E-state index in [1.54, 1.807) is 30.5 Å². The zero-order valence-corrected chi connectivity index (χ0v) is 16.6. The zero-order chi connectivity index (χ0) is 19.5. The number of nitrogens with one attached hydrogen (secondary N) is 1. The first-order valence-corrected chi connectivity index (χ1v) is 9.86. The molecule has 28 heavy (non-hydrogen) atoms. The van der Waals surface area contributed by atoms with Crippen molar-refractivity contribution in [1.82, 2.24) is 15.5 Å². The van der Waals surface area contributed by atoms with Crippen LogP contribution in [-0.2, 0) is 6.54 Å². The fourth-order valence-corrected chi connectivity index (χ4v) is 3.84. The molecular weight excluding hydrogens is 394 g/mol. The first-order chi connectivity index (χ1) is 13.6. The number of pyridine rings is 1. The molecule has 4 rings (SSSR count). The van der Waals surface area contributed by atoms with Crippen molar-refractivity contribution < 1.29 is 9.32 Å². The fraction of sp³-hybridized carbons (Fsp3) is 0.0952. The Bertz CT molecular complexity index is 1120. The maximum absolute atomic E-state index is 12.8. The third kappa shape index (κ3) is 3.69. The third-order valence-corrected chi connectivity index (χ3v) is 5.52. The molecule has 0 atom stereocenters. The summed E-state index contributed by atoms with van der Waals surface area (Å²) in [5.41, 5.74) is 3.42. The van der Waals surface area contributed by atoms with E-state index in [0.29, 0.717) is 34.1 Å². The van der Waals surface area contributed by atoms with E-state index >= 15 is 0 Å². The lowest BCUT2D eigenvalue weighted by Gasteiger charge is -2.07. The molecule has 1 N–H and O–H groups in total. The van der Waals surface area contributed by atoms with Gasteiger partial charge in [0, 0.05) is 34.9 Å². The van der Waals surface area contributed by atoms with Crippen molar-refractivity contribution in [2.45, 2.75) is 13.5 Å². The Hall–Kier alpha value is -2.96. The van der Waals surface area contributed by atoms with Gasteiger partial charge in [0.1, 0.15) is 17.0 Å². The number of aryl methyl sites for hydroxylation is 1. The molecule has 0 aliphatic rings. The predicted molar refractivity (Wildman–Crippen MR) is 110 cm³/mol. The van der Waals surface area contributed by atoms with E-state index in [2.05, 4.69) is 15.5 Å². The maximum Gasteiger partial charge on any atom is 0.257 e. The highest BCUT2D eigenvalue weighted by Gasteiger charge is 2.22. The van der Waals surface area contributed by atoms with E-state index in [9.17, 15) is 4.79 Å². The van der Waals surface area contributed by atoms with E-state index in [4.69, 9.17) is 16.1 Å². The van der Waals surface area contributed by atoms with E-state index in [1.807, 2.05) is 48.0 Å². The second-order valence-corrected chi connectivity index (χ2v) is 7.54. The lowest BCUT2D eigenvalue weighted by Crippen LogP contribution is -2.23. The van der Waals surface area contributed by atoms with Gasteiger partial charge in [-0.05, 0) is 36.1 Å². The Balaban J connectivity index is 1.55. The number of aromatic nitrogens is 2. The summed E-state index contributed by atoms with van der Waals surface area (Å²) in [6.07, 6.45) is 3.56. The van der Waals surface area contributed by atoms with E-state index in [1.165, 1.54) is 0 Å². The number of carbonyl (C=O) groups excluding carboxylic acids is 1. The summed E-state index contributed by atoms with van der Waals surface area (Å²) in [6.45, 7) is 2.05. The molecular formula is C21H16ClN3O2S. The number of rotatable bonds is 5. The van der Waals surface area contributed by atoms with Crippen LogP contribution < -0.4 is 5.32 Å². The Morgan fingerprint density at radius 3 is 2.86 bits per heavy atom. The van der Waals surface area contributed by atoms with E-state index in [-0.39, 0.29) is 5.91 Å². The molecule has 0 saturated carbocycles. The minimum atomic E-state index is -0.268. The van der Waals surface area contributed by atoms with Crippen molar-refractivity contribution in [3.05, 3.63) is 82.1 Å². The highest BCUT2D eigenvalue weighted by molar-refractivity contribution is 7.13. The number of hydrogen-bond acceptors (Lipinski definition) is 5. The summed E-state index contributed by atoms with van der Waals surface area (Å²) in [4.78, 5) is 18.3. The molecule has 5 nitrogen and oxygen atoms in total. The summed E-state index contributed by atoms with van der Waals surface area (Å²) < 4.78 is 5.27. The number of amides is 1. The van der Waals surface area contributed by atoms with Gasteiger partial charge in [0.15, 0.2) is 0 Å². The number of thiophene rings is 1. The van der Waals surface area contributed by atoms with Crippen LogP contribution in [0.2, 0.25) is 5.02 Å². The predicted octanol–water partition coefficient (Wildman–Crippen LogP) is 5.36.